The molecule has 0 radical (unpaired) electrons. The van der Waals surface area contributed by atoms with Crippen molar-refractivity contribution in [3.05, 3.63) is 41.4 Å². The van der Waals surface area contributed by atoms with Crippen LogP contribution in [0, 0.1) is 0 Å². The van der Waals surface area contributed by atoms with Crippen LogP contribution in [0.15, 0.2) is 44.9 Å². The third-order valence-corrected chi connectivity index (χ3v) is 6.38. The molecule has 0 bridgehead atoms. The van der Waals surface area contributed by atoms with Crippen LogP contribution in [0.5, 0.6) is 5.75 Å². The minimum absolute atomic E-state index is 0.846. The van der Waals surface area contributed by atoms with Crippen molar-refractivity contribution in [2.45, 2.75) is 4.21 Å². The van der Waals surface area contributed by atoms with Gasteiger partial charge in [-0.05, 0) is 35.5 Å². The molecule has 0 atom stereocenters. The van der Waals surface area contributed by atoms with E-state index >= 15 is 0 Å². The maximum Gasteiger partial charge on any atom is 0.121 e. The zero-order valence-electron chi connectivity index (χ0n) is 12.5. The van der Waals surface area contributed by atoms with Gasteiger partial charge in [-0.2, -0.15) is 0 Å². The van der Waals surface area contributed by atoms with Crippen LogP contribution in [0.25, 0.3) is 10.9 Å². The Bertz CT molecular complexity index is 855. The van der Waals surface area contributed by atoms with Gasteiger partial charge in [-0.15, -0.1) is 23.1 Å². The molecule has 0 unspecified atom stereocenters. The summed E-state index contributed by atoms with van der Waals surface area (Å²) in [6, 6.07) is 10.4. The number of nitrogens with zero attached hydrogens (tertiary/aromatic N) is 1. The molecule has 0 amide bonds. The van der Waals surface area contributed by atoms with Crippen molar-refractivity contribution in [3.8, 4) is 5.75 Å². The van der Waals surface area contributed by atoms with E-state index in [-0.39, 0.29) is 0 Å². The van der Waals surface area contributed by atoms with Crippen molar-refractivity contribution in [1.29, 1.82) is 0 Å². The van der Waals surface area contributed by atoms with Crippen LogP contribution in [-0.2, 0) is 0 Å². The fourth-order valence-corrected chi connectivity index (χ4v) is 4.73. The first-order valence-electron chi connectivity index (χ1n) is 7.18. The molecule has 3 aromatic rings. The van der Waals surface area contributed by atoms with E-state index in [1.54, 1.807) is 42.2 Å². The van der Waals surface area contributed by atoms with Gasteiger partial charge in [0.15, 0.2) is 0 Å². The average molecular weight is 362 g/mol. The first-order chi connectivity index (χ1) is 11.3. The normalized spacial score (nSPS) is 14.2. The van der Waals surface area contributed by atoms with Gasteiger partial charge in [0.25, 0.3) is 0 Å². The molecule has 0 saturated heterocycles. The van der Waals surface area contributed by atoms with Crippen LogP contribution in [0.3, 0.4) is 0 Å². The van der Waals surface area contributed by atoms with Crippen molar-refractivity contribution < 1.29 is 4.74 Å². The number of benzene rings is 1. The Labute approximate surface area is 146 Å². The molecule has 4 rings (SSSR count). The second-order valence-corrected chi connectivity index (χ2v) is 8.13. The molecule has 1 aliphatic heterocycles. The monoisotopic (exact) mass is 361 g/mol. The van der Waals surface area contributed by atoms with E-state index in [4.69, 9.17) is 4.74 Å². The van der Waals surface area contributed by atoms with Crippen LogP contribution in [-0.4, -0.2) is 29.4 Å². The smallest absolute Gasteiger partial charge is 0.121 e. The summed E-state index contributed by atoms with van der Waals surface area (Å²) in [6.07, 6.45) is 0. The number of fused-ring (bicyclic) bond motifs is 1. The molecule has 0 spiro atoms. The third kappa shape index (κ3) is 3.08. The number of nitrogens with one attached hydrogen (secondary N) is 2. The SMILES string of the molecule is COc1cc(NSc2cccs2)c2[nH]c(C3=NCCS3)cc2c1. The standard InChI is InChI=1S/C16H15N3OS3/c1-20-11-7-10-8-13(16-17-4-6-22-16)18-15(10)12(9-11)19-23-14-3-2-5-21-14/h2-3,5,7-9,18-19H,4,6H2,1H3. The summed E-state index contributed by atoms with van der Waals surface area (Å²) in [5, 5.41) is 4.30. The van der Waals surface area contributed by atoms with Gasteiger partial charge in [0.05, 0.1) is 28.2 Å². The van der Waals surface area contributed by atoms with Gasteiger partial charge in [-0.1, -0.05) is 6.07 Å². The molecular formula is C16H15N3OS3. The number of anilines is 1. The van der Waals surface area contributed by atoms with Crippen LogP contribution in [0.1, 0.15) is 5.69 Å². The number of rotatable bonds is 5. The number of aromatic amines is 1. The van der Waals surface area contributed by atoms with Gasteiger partial charge in [-0.3, -0.25) is 4.99 Å². The number of thioether (sulfide) groups is 1. The molecule has 0 fully saturated rings. The molecule has 2 N–H and O–H groups in total. The fourth-order valence-electron chi connectivity index (χ4n) is 2.46. The lowest BCUT2D eigenvalue weighted by Crippen LogP contribution is -1.92. The number of methoxy groups -OCH3 is 1. The van der Waals surface area contributed by atoms with Crippen molar-refractivity contribution in [2.24, 2.45) is 4.99 Å². The Kier molecular flexibility index (Phi) is 4.24. The Morgan fingerprint density at radius 2 is 2.30 bits per heavy atom. The molecule has 1 aromatic carbocycles. The molecule has 1 aliphatic rings. The van der Waals surface area contributed by atoms with E-state index in [0.29, 0.717) is 0 Å². The summed E-state index contributed by atoms with van der Waals surface area (Å²) < 4.78 is 10.1. The number of aromatic nitrogens is 1. The second-order valence-electron chi connectivity index (χ2n) is 4.99. The lowest BCUT2D eigenvalue weighted by Gasteiger charge is -2.08. The highest BCUT2D eigenvalue weighted by Gasteiger charge is 2.15. The van der Waals surface area contributed by atoms with Crippen molar-refractivity contribution >= 4 is 56.7 Å². The quantitative estimate of drug-likeness (QED) is 0.638. The Hall–Kier alpha value is -1.57. The molecule has 118 valence electrons. The van der Waals surface area contributed by atoms with E-state index in [0.717, 1.165) is 45.4 Å². The lowest BCUT2D eigenvalue weighted by molar-refractivity contribution is 0.415. The zero-order chi connectivity index (χ0) is 15.6. The van der Waals surface area contributed by atoms with Crippen LogP contribution < -0.4 is 9.46 Å². The second kappa shape index (κ2) is 6.51. The highest BCUT2D eigenvalue weighted by molar-refractivity contribution is 8.14. The highest BCUT2D eigenvalue weighted by atomic mass is 32.2. The zero-order valence-corrected chi connectivity index (χ0v) is 14.9. The van der Waals surface area contributed by atoms with Crippen LogP contribution >= 0.6 is 35.0 Å². The summed E-state index contributed by atoms with van der Waals surface area (Å²) in [5.41, 5.74) is 3.19. The van der Waals surface area contributed by atoms with Gasteiger partial charge in [0.2, 0.25) is 0 Å². The number of hydrogen-bond acceptors (Lipinski definition) is 6. The van der Waals surface area contributed by atoms with Gasteiger partial charge in [0.1, 0.15) is 10.8 Å². The summed E-state index contributed by atoms with van der Waals surface area (Å²) in [7, 11) is 1.70. The minimum atomic E-state index is 0.846. The van der Waals surface area contributed by atoms with Gasteiger partial charge in [0, 0.05) is 23.8 Å². The Morgan fingerprint density at radius 1 is 1.35 bits per heavy atom. The van der Waals surface area contributed by atoms with Crippen LogP contribution in [0.2, 0.25) is 0 Å². The topological polar surface area (TPSA) is 49.4 Å². The maximum absolute atomic E-state index is 5.44. The summed E-state index contributed by atoms with van der Waals surface area (Å²) >= 11 is 5.13. The predicted molar refractivity (Wildman–Crippen MR) is 103 cm³/mol. The molecule has 23 heavy (non-hydrogen) atoms. The first-order valence-corrected chi connectivity index (χ1v) is 9.86. The molecule has 3 heterocycles. The molecule has 2 aromatic heterocycles. The molecular weight excluding hydrogens is 346 g/mol. The lowest BCUT2D eigenvalue weighted by atomic mass is 10.2. The minimum Gasteiger partial charge on any atom is -0.497 e. The highest BCUT2D eigenvalue weighted by Crippen LogP contribution is 2.34. The third-order valence-electron chi connectivity index (χ3n) is 3.51. The van der Waals surface area contributed by atoms with E-state index in [1.807, 2.05) is 6.07 Å². The predicted octanol–water partition coefficient (Wildman–Crippen LogP) is 4.85. The van der Waals surface area contributed by atoms with Gasteiger partial charge < -0.3 is 14.4 Å². The van der Waals surface area contributed by atoms with E-state index < -0.39 is 0 Å². The summed E-state index contributed by atoms with van der Waals surface area (Å²) in [6.45, 7) is 0.901. The van der Waals surface area contributed by atoms with E-state index in [9.17, 15) is 0 Å². The Morgan fingerprint density at radius 3 is 3.04 bits per heavy atom. The molecule has 4 nitrogen and oxygen atoms in total. The maximum atomic E-state index is 5.44. The number of thiophene rings is 1. The molecule has 0 saturated carbocycles. The molecule has 0 aliphatic carbocycles. The van der Waals surface area contributed by atoms with Crippen LogP contribution in [0.4, 0.5) is 5.69 Å². The fraction of sp³-hybridized carbons (Fsp3) is 0.188. The number of ether oxygens (including phenoxy) is 1. The first kappa shape index (κ1) is 15.0. The average Bonchev–Trinajstić information content (AvgIpc) is 3.32. The van der Waals surface area contributed by atoms with Crippen molar-refractivity contribution in [3.63, 3.8) is 0 Å². The van der Waals surface area contributed by atoms with E-state index in [2.05, 4.69) is 44.3 Å². The molecule has 7 heteroatoms. The summed E-state index contributed by atoms with van der Waals surface area (Å²) in [5.74, 6) is 1.91. The van der Waals surface area contributed by atoms with Gasteiger partial charge in [-0.25, -0.2) is 0 Å². The number of hydrogen-bond donors (Lipinski definition) is 2. The van der Waals surface area contributed by atoms with Crippen molar-refractivity contribution in [1.82, 2.24) is 4.98 Å². The van der Waals surface area contributed by atoms with E-state index in [1.165, 1.54) is 4.21 Å². The van der Waals surface area contributed by atoms with Crippen molar-refractivity contribution in [2.75, 3.05) is 24.1 Å². The largest absolute Gasteiger partial charge is 0.497 e. The van der Waals surface area contributed by atoms with Gasteiger partial charge >= 0.3 is 0 Å². The Balaban J connectivity index is 1.71. The number of aliphatic imine (C=N–C) groups is 1. The summed E-state index contributed by atoms with van der Waals surface area (Å²) in [4.78, 5) is 8.06. The number of H-pyrrole nitrogens is 1.